The number of hydrogen-bond acceptors (Lipinski definition) is 5. The zero-order valence-corrected chi connectivity index (χ0v) is 18.9. The Kier molecular flexibility index (Phi) is 9.68. The van der Waals surface area contributed by atoms with Crippen LogP contribution in [0.2, 0.25) is 6.04 Å². The van der Waals surface area contributed by atoms with Gasteiger partial charge in [-0.25, -0.2) is 0 Å². The largest absolute Gasteiger partial charge is 0.396 e. The third-order valence-corrected chi connectivity index (χ3v) is 10.5. The van der Waals surface area contributed by atoms with Crippen LogP contribution in [0, 0.1) is 0 Å². The molecule has 1 aliphatic rings. The summed E-state index contributed by atoms with van der Waals surface area (Å²) in [4.78, 5) is 2.24. The Morgan fingerprint density at radius 3 is 2.54 bits per heavy atom. The van der Waals surface area contributed by atoms with Crippen molar-refractivity contribution in [1.82, 2.24) is 10.2 Å². The van der Waals surface area contributed by atoms with Crippen LogP contribution in [0.5, 0.6) is 0 Å². The highest BCUT2D eigenvalue weighted by Crippen LogP contribution is 2.42. The van der Waals surface area contributed by atoms with Crippen molar-refractivity contribution in [3.8, 4) is 0 Å². The molecule has 0 bridgehead atoms. The number of benzene rings is 1. The highest BCUT2D eigenvalue weighted by atomic mass is 28.4. The number of methoxy groups -OCH3 is 1. The number of nitrogens with one attached hydrogen (secondary N) is 1. The van der Waals surface area contributed by atoms with Gasteiger partial charge in [0.15, 0.2) is 0 Å². The van der Waals surface area contributed by atoms with Crippen molar-refractivity contribution in [1.29, 1.82) is 0 Å². The predicted octanol–water partition coefficient (Wildman–Crippen LogP) is 3.85. The van der Waals surface area contributed by atoms with Crippen molar-refractivity contribution in [3.63, 3.8) is 0 Å². The molecule has 0 spiro atoms. The van der Waals surface area contributed by atoms with Gasteiger partial charge in [0.1, 0.15) is 5.22 Å². The highest BCUT2D eigenvalue weighted by molar-refractivity contribution is 6.70. The van der Waals surface area contributed by atoms with Gasteiger partial charge >= 0.3 is 8.56 Å². The summed E-state index contributed by atoms with van der Waals surface area (Å²) < 4.78 is 18.0. The van der Waals surface area contributed by atoms with Gasteiger partial charge in [-0.15, -0.1) is 0 Å². The molecule has 1 N–H and O–H groups in total. The summed E-state index contributed by atoms with van der Waals surface area (Å²) in [6.07, 6.45) is 7.38. The minimum Gasteiger partial charge on any atom is -0.396 e. The average Bonchev–Trinajstić information content (AvgIpc) is 2.76. The van der Waals surface area contributed by atoms with E-state index in [-0.39, 0.29) is 5.22 Å². The van der Waals surface area contributed by atoms with Crippen molar-refractivity contribution >= 4 is 8.56 Å². The molecule has 1 unspecified atom stereocenters. The topological polar surface area (TPSA) is 43.0 Å². The number of hydrogen-bond donors (Lipinski definition) is 1. The van der Waals surface area contributed by atoms with Gasteiger partial charge in [-0.2, -0.15) is 0 Å². The molecule has 1 aromatic rings. The molecule has 1 atom stereocenters. The lowest BCUT2D eigenvalue weighted by molar-refractivity contribution is -0.0156. The van der Waals surface area contributed by atoms with Gasteiger partial charge in [-0.3, -0.25) is 0 Å². The van der Waals surface area contributed by atoms with E-state index < -0.39 is 8.56 Å². The van der Waals surface area contributed by atoms with Crippen LogP contribution in [0.1, 0.15) is 37.7 Å². The van der Waals surface area contributed by atoms with Gasteiger partial charge in [0.05, 0.1) is 0 Å². The average molecular weight is 407 g/mol. The van der Waals surface area contributed by atoms with E-state index in [4.69, 9.17) is 13.6 Å². The molecule has 5 nitrogen and oxygen atoms in total. The molecule has 0 saturated carbocycles. The monoisotopic (exact) mass is 406 g/mol. The SMILES string of the molecule is C=CN(CCNCCCC1(OC)CCCC[Si]1(OC)OC)Cc1ccccc1. The lowest BCUT2D eigenvalue weighted by Gasteiger charge is -2.48. The van der Waals surface area contributed by atoms with Crippen LogP contribution in [-0.4, -0.2) is 59.6 Å². The van der Waals surface area contributed by atoms with E-state index in [2.05, 4.69) is 41.1 Å². The molecule has 6 heteroatoms. The van der Waals surface area contributed by atoms with Crippen molar-refractivity contribution in [2.75, 3.05) is 41.0 Å². The first kappa shape index (κ1) is 23.1. The zero-order valence-electron chi connectivity index (χ0n) is 17.9. The van der Waals surface area contributed by atoms with Gasteiger partial charge in [0.25, 0.3) is 0 Å². The Balaban J connectivity index is 1.74. The van der Waals surface area contributed by atoms with Crippen molar-refractivity contribution in [3.05, 3.63) is 48.7 Å². The molecule has 28 heavy (non-hydrogen) atoms. The van der Waals surface area contributed by atoms with Crippen LogP contribution in [0.25, 0.3) is 0 Å². The Morgan fingerprint density at radius 1 is 1.14 bits per heavy atom. The molecule has 0 radical (unpaired) electrons. The van der Waals surface area contributed by atoms with Crippen molar-refractivity contribution in [2.45, 2.75) is 49.9 Å². The lowest BCUT2D eigenvalue weighted by Crippen LogP contribution is -2.64. The molecule has 0 aromatic heterocycles. The first-order valence-electron chi connectivity index (χ1n) is 10.4. The summed E-state index contributed by atoms with van der Waals surface area (Å²) >= 11 is 0. The first-order chi connectivity index (χ1) is 13.6. The first-order valence-corrected chi connectivity index (χ1v) is 12.4. The molecule has 2 rings (SSSR count). The Morgan fingerprint density at radius 2 is 1.89 bits per heavy atom. The summed E-state index contributed by atoms with van der Waals surface area (Å²) in [5.41, 5.74) is 1.31. The van der Waals surface area contributed by atoms with Crippen LogP contribution in [0.15, 0.2) is 43.1 Å². The predicted molar refractivity (Wildman–Crippen MR) is 117 cm³/mol. The van der Waals surface area contributed by atoms with Gasteiger partial charge < -0.3 is 23.8 Å². The second-order valence-corrected chi connectivity index (χ2v) is 11.3. The third kappa shape index (κ3) is 5.67. The fourth-order valence-electron chi connectivity index (χ4n) is 4.42. The maximum Gasteiger partial charge on any atom is 0.370 e. The molecule has 0 amide bonds. The third-order valence-electron chi connectivity index (χ3n) is 6.08. The number of rotatable bonds is 13. The molecule has 1 fully saturated rings. The van der Waals surface area contributed by atoms with Gasteiger partial charge in [0.2, 0.25) is 0 Å². The molecule has 1 heterocycles. The summed E-state index contributed by atoms with van der Waals surface area (Å²) in [7, 11) is 3.10. The van der Waals surface area contributed by atoms with E-state index >= 15 is 0 Å². The standard InChI is InChI=1S/C22H38N2O3Si/c1-5-24(20-21-12-7-6-8-13-21)18-17-23-16-11-15-22(25-2)14-9-10-19-28(22,26-3)27-4/h5-8,12-13,23H,1,9-11,14-20H2,2-4H3. The summed E-state index contributed by atoms with van der Waals surface area (Å²) in [6, 6.07) is 11.5. The quantitative estimate of drug-likeness (QED) is 0.398. The fourth-order valence-corrected chi connectivity index (χ4v) is 8.34. The summed E-state index contributed by atoms with van der Waals surface area (Å²) in [5.74, 6) is 0. The van der Waals surface area contributed by atoms with Crippen LogP contribution < -0.4 is 5.32 Å². The van der Waals surface area contributed by atoms with Crippen molar-refractivity contribution in [2.24, 2.45) is 0 Å². The fraction of sp³-hybridized carbons (Fsp3) is 0.636. The van der Waals surface area contributed by atoms with Crippen molar-refractivity contribution < 1.29 is 13.6 Å². The molecule has 158 valence electrons. The molecule has 0 aliphatic carbocycles. The molecule has 1 aromatic carbocycles. The van der Waals surface area contributed by atoms with Crippen LogP contribution in [0.3, 0.4) is 0 Å². The maximum absolute atomic E-state index is 6.07. The van der Waals surface area contributed by atoms with Crippen LogP contribution >= 0.6 is 0 Å². The molecular formula is C22H38N2O3Si. The van der Waals surface area contributed by atoms with Gasteiger partial charge in [0, 0.05) is 41.0 Å². The normalized spacial score (nSPS) is 21.4. The highest BCUT2D eigenvalue weighted by Gasteiger charge is 2.58. The van der Waals surface area contributed by atoms with E-state index in [1.807, 2.05) is 19.4 Å². The van der Waals surface area contributed by atoms with E-state index in [9.17, 15) is 0 Å². The molecular weight excluding hydrogens is 368 g/mol. The summed E-state index contributed by atoms with van der Waals surface area (Å²) in [5, 5.41) is 3.34. The minimum absolute atomic E-state index is 0.225. The molecule has 1 aliphatic heterocycles. The minimum atomic E-state index is -2.32. The Labute approximate surface area is 172 Å². The zero-order chi connectivity index (χ0) is 20.3. The van der Waals surface area contributed by atoms with E-state index in [1.54, 1.807) is 14.2 Å². The maximum atomic E-state index is 6.07. The molecule has 1 saturated heterocycles. The number of nitrogens with zero attached hydrogens (tertiary/aromatic N) is 1. The van der Waals surface area contributed by atoms with Crippen LogP contribution in [0.4, 0.5) is 0 Å². The van der Waals surface area contributed by atoms with Crippen LogP contribution in [-0.2, 0) is 20.1 Å². The smallest absolute Gasteiger partial charge is 0.370 e. The number of ether oxygens (including phenoxy) is 1. The summed E-state index contributed by atoms with van der Waals surface area (Å²) in [6.45, 7) is 7.70. The van der Waals surface area contributed by atoms with Gasteiger partial charge in [-0.05, 0) is 43.6 Å². The van der Waals surface area contributed by atoms with E-state index in [0.717, 1.165) is 51.5 Å². The Hall–Kier alpha value is -1.18. The second kappa shape index (κ2) is 11.7. The lowest BCUT2D eigenvalue weighted by atomic mass is 10.1. The van der Waals surface area contributed by atoms with Gasteiger partial charge in [-0.1, -0.05) is 49.8 Å². The van der Waals surface area contributed by atoms with E-state index in [0.29, 0.717) is 0 Å². The second-order valence-electron chi connectivity index (χ2n) is 7.56. The van der Waals surface area contributed by atoms with E-state index in [1.165, 1.54) is 18.4 Å². The Bertz CT molecular complexity index is 568.